The zero-order chi connectivity index (χ0) is 18.1. The van der Waals surface area contributed by atoms with Crippen molar-refractivity contribution in [1.29, 1.82) is 0 Å². The van der Waals surface area contributed by atoms with E-state index >= 15 is 0 Å². The molecule has 138 valence electrons. The molecule has 0 radical (unpaired) electrons. The Morgan fingerprint density at radius 2 is 2.04 bits per heavy atom. The zero-order valence-corrected chi connectivity index (χ0v) is 15.8. The Balaban J connectivity index is 1.83. The van der Waals surface area contributed by atoms with Crippen LogP contribution in [-0.4, -0.2) is 49.5 Å². The van der Waals surface area contributed by atoms with Crippen LogP contribution in [0.15, 0.2) is 35.3 Å². The molecule has 2 rings (SSSR count). The predicted octanol–water partition coefficient (Wildman–Crippen LogP) is 2.29. The number of likely N-dealkylation sites (tertiary alicyclic amines) is 1. The Morgan fingerprint density at radius 1 is 1.28 bits per heavy atom. The highest BCUT2D eigenvalue weighted by Gasteiger charge is 2.24. The van der Waals surface area contributed by atoms with Gasteiger partial charge in [0.15, 0.2) is 5.96 Å². The fraction of sp³-hybridized carbons (Fsp3) is 0.600. The summed E-state index contributed by atoms with van der Waals surface area (Å²) in [6.07, 6.45) is 2.32. The third-order valence-electron chi connectivity index (χ3n) is 4.48. The minimum atomic E-state index is 0.0227. The van der Waals surface area contributed by atoms with Gasteiger partial charge in [-0.15, -0.1) is 0 Å². The molecule has 1 aromatic rings. The van der Waals surface area contributed by atoms with Gasteiger partial charge in [-0.1, -0.05) is 44.2 Å². The molecule has 1 saturated heterocycles. The van der Waals surface area contributed by atoms with Crippen LogP contribution >= 0.6 is 0 Å². The van der Waals surface area contributed by atoms with E-state index in [0.29, 0.717) is 19.0 Å². The largest absolute Gasteiger partial charge is 0.357 e. The number of nitrogens with one attached hydrogen (secondary N) is 2. The number of rotatable bonds is 7. The minimum absolute atomic E-state index is 0.0227. The highest BCUT2D eigenvalue weighted by molar-refractivity contribution is 5.80. The van der Waals surface area contributed by atoms with E-state index in [1.165, 1.54) is 12.0 Å². The van der Waals surface area contributed by atoms with Gasteiger partial charge >= 0.3 is 0 Å². The SMILES string of the molecule is CCNC(=NCCNC(=O)C(C)C)N1CCC(Cc2ccccc2)C1. The Morgan fingerprint density at radius 3 is 2.72 bits per heavy atom. The van der Waals surface area contributed by atoms with Gasteiger partial charge in [0.1, 0.15) is 0 Å². The summed E-state index contributed by atoms with van der Waals surface area (Å²) in [6.45, 7) is 10.0. The number of guanidine groups is 1. The molecule has 0 aliphatic carbocycles. The monoisotopic (exact) mass is 344 g/mol. The average Bonchev–Trinajstić information content (AvgIpc) is 3.06. The van der Waals surface area contributed by atoms with Gasteiger partial charge in [0.2, 0.25) is 5.91 Å². The van der Waals surface area contributed by atoms with E-state index in [1.54, 1.807) is 0 Å². The van der Waals surface area contributed by atoms with Crippen molar-refractivity contribution >= 4 is 11.9 Å². The standard InChI is InChI=1S/C20H32N4O/c1-4-21-20(23-12-11-22-19(25)16(2)3)24-13-10-18(15-24)14-17-8-6-5-7-9-17/h5-9,16,18H,4,10-15H2,1-3H3,(H,21,23)(H,22,25). The molecule has 1 unspecified atom stereocenters. The molecule has 5 nitrogen and oxygen atoms in total. The molecule has 5 heteroatoms. The van der Waals surface area contributed by atoms with Crippen molar-refractivity contribution in [1.82, 2.24) is 15.5 Å². The van der Waals surface area contributed by atoms with Crippen LogP contribution in [0.4, 0.5) is 0 Å². The summed E-state index contributed by atoms with van der Waals surface area (Å²) in [7, 11) is 0. The Hall–Kier alpha value is -2.04. The minimum Gasteiger partial charge on any atom is -0.357 e. The molecule has 1 amide bonds. The maximum absolute atomic E-state index is 11.6. The molecule has 0 spiro atoms. The van der Waals surface area contributed by atoms with Crippen LogP contribution in [0, 0.1) is 11.8 Å². The maximum atomic E-state index is 11.6. The summed E-state index contributed by atoms with van der Waals surface area (Å²) in [5.41, 5.74) is 1.41. The van der Waals surface area contributed by atoms with Crippen molar-refractivity contribution in [3.8, 4) is 0 Å². The van der Waals surface area contributed by atoms with Crippen LogP contribution in [0.3, 0.4) is 0 Å². The lowest BCUT2D eigenvalue weighted by atomic mass is 9.99. The molecule has 1 aromatic carbocycles. The number of hydrogen-bond acceptors (Lipinski definition) is 2. The van der Waals surface area contributed by atoms with Gasteiger partial charge in [-0.3, -0.25) is 9.79 Å². The van der Waals surface area contributed by atoms with Crippen molar-refractivity contribution in [2.24, 2.45) is 16.8 Å². The van der Waals surface area contributed by atoms with Crippen LogP contribution in [0.2, 0.25) is 0 Å². The van der Waals surface area contributed by atoms with Crippen molar-refractivity contribution in [3.63, 3.8) is 0 Å². The lowest BCUT2D eigenvalue weighted by molar-refractivity contribution is -0.123. The van der Waals surface area contributed by atoms with Gasteiger partial charge in [0, 0.05) is 32.1 Å². The quantitative estimate of drug-likeness (QED) is 0.453. The van der Waals surface area contributed by atoms with Crippen LogP contribution in [-0.2, 0) is 11.2 Å². The lowest BCUT2D eigenvalue weighted by Crippen LogP contribution is -2.40. The fourth-order valence-corrected chi connectivity index (χ4v) is 3.11. The van der Waals surface area contributed by atoms with E-state index in [0.717, 1.165) is 32.0 Å². The van der Waals surface area contributed by atoms with Crippen molar-refractivity contribution in [3.05, 3.63) is 35.9 Å². The van der Waals surface area contributed by atoms with Gasteiger partial charge in [-0.2, -0.15) is 0 Å². The molecule has 1 heterocycles. The Labute approximate surface area is 151 Å². The molecule has 1 aliphatic rings. The first-order valence-corrected chi connectivity index (χ1v) is 9.45. The normalized spacial score (nSPS) is 17.8. The number of nitrogens with zero attached hydrogens (tertiary/aromatic N) is 2. The fourth-order valence-electron chi connectivity index (χ4n) is 3.11. The van der Waals surface area contributed by atoms with E-state index in [-0.39, 0.29) is 11.8 Å². The second-order valence-corrected chi connectivity index (χ2v) is 6.97. The smallest absolute Gasteiger partial charge is 0.222 e. The number of hydrogen-bond donors (Lipinski definition) is 2. The Kier molecular flexibility index (Phi) is 7.76. The van der Waals surface area contributed by atoms with E-state index in [2.05, 4.69) is 57.8 Å². The third kappa shape index (κ3) is 6.40. The van der Waals surface area contributed by atoms with Crippen LogP contribution < -0.4 is 10.6 Å². The lowest BCUT2D eigenvalue weighted by Gasteiger charge is -2.22. The molecule has 2 N–H and O–H groups in total. The topological polar surface area (TPSA) is 56.7 Å². The predicted molar refractivity (Wildman–Crippen MR) is 104 cm³/mol. The molecule has 1 aliphatic heterocycles. The summed E-state index contributed by atoms with van der Waals surface area (Å²) < 4.78 is 0. The number of carbonyl (C=O) groups excluding carboxylic acids is 1. The van der Waals surface area contributed by atoms with Gasteiger partial charge in [-0.25, -0.2) is 0 Å². The molecule has 0 aromatic heterocycles. The molecular formula is C20H32N4O. The molecule has 25 heavy (non-hydrogen) atoms. The maximum Gasteiger partial charge on any atom is 0.222 e. The second-order valence-electron chi connectivity index (χ2n) is 6.97. The highest BCUT2D eigenvalue weighted by atomic mass is 16.1. The van der Waals surface area contributed by atoms with Gasteiger partial charge in [0.25, 0.3) is 0 Å². The van der Waals surface area contributed by atoms with E-state index < -0.39 is 0 Å². The summed E-state index contributed by atoms with van der Waals surface area (Å²) in [4.78, 5) is 18.6. The van der Waals surface area contributed by atoms with Gasteiger partial charge in [-0.05, 0) is 31.2 Å². The molecule has 1 fully saturated rings. The third-order valence-corrected chi connectivity index (χ3v) is 4.48. The van der Waals surface area contributed by atoms with E-state index in [1.807, 2.05) is 13.8 Å². The van der Waals surface area contributed by atoms with E-state index in [9.17, 15) is 4.79 Å². The number of amides is 1. The first kappa shape index (κ1) is 19.3. The molecular weight excluding hydrogens is 312 g/mol. The zero-order valence-electron chi connectivity index (χ0n) is 15.8. The average molecular weight is 345 g/mol. The van der Waals surface area contributed by atoms with Crippen molar-refractivity contribution in [2.75, 3.05) is 32.7 Å². The van der Waals surface area contributed by atoms with Gasteiger partial charge in [0.05, 0.1) is 6.54 Å². The summed E-state index contributed by atoms with van der Waals surface area (Å²) in [6, 6.07) is 10.7. The summed E-state index contributed by atoms with van der Waals surface area (Å²) >= 11 is 0. The van der Waals surface area contributed by atoms with Gasteiger partial charge < -0.3 is 15.5 Å². The summed E-state index contributed by atoms with van der Waals surface area (Å²) in [5.74, 6) is 1.75. The molecule has 0 saturated carbocycles. The van der Waals surface area contributed by atoms with Crippen molar-refractivity contribution in [2.45, 2.75) is 33.6 Å². The van der Waals surface area contributed by atoms with E-state index in [4.69, 9.17) is 0 Å². The van der Waals surface area contributed by atoms with Crippen LogP contribution in [0.1, 0.15) is 32.8 Å². The van der Waals surface area contributed by atoms with Crippen molar-refractivity contribution < 1.29 is 4.79 Å². The van der Waals surface area contributed by atoms with Crippen LogP contribution in [0.5, 0.6) is 0 Å². The second kappa shape index (κ2) is 10.1. The highest BCUT2D eigenvalue weighted by Crippen LogP contribution is 2.20. The summed E-state index contributed by atoms with van der Waals surface area (Å²) in [5, 5.41) is 6.30. The first-order valence-electron chi connectivity index (χ1n) is 9.45. The Bertz CT molecular complexity index is 556. The number of benzene rings is 1. The first-order chi connectivity index (χ1) is 12.1. The van der Waals surface area contributed by atoms with Crippen LogP contribution in [0.25, 0.3) is 0 Å². The molecule has 1 atom stereocenters. The molecule has 0 bridgehead atoms. The number of carbonyl (C=O) groups is 1. The number of aliphatic imine (C=N–C) groups is 1.